The first-order valence-corrected chi connectivity index (χ1v) is 9.69. The molecule has 2 heterocycles. The SMILES string of the molecule is CC(Cc1ccc2c(c1)OCO2)N(C)C(=O)OCOC(=O)CCN1CCCC1. The zero-order chi connectivity index (χ0) is 19.9. The van der Waals surface area contributed by atoms with E-state index in [0.717, 1.165) is 30.2 Å². The Balaban J connectivity index is 1.35. The topological polar surface area (TPSA) is 77.5 Å². The normalized spacial score (nSPS) is 16.6. The van der Waals surface area contributed by atoms with Gasteiger partial charge in [-0.05, 0) is 57.0 Å². The monoisotopic (exact) mass is 392 g/mol. The van der Waals surface area contributed by atoms with Crippen LogP contribution in [0.4, 0.5) is 4.79 Å². The number of amides is 1. The lowest BCUT2D eigenvalue weighted by molar-refractivity contribution is -0.152. The van der Waals surface area contributed by atoms with Crippen LogP contribution in [0, 0.1) is 0 Å². The molecule has 8 heteroatoms. The van der Waals surface area contributed by atoms with Crippen LogP contribution in [0.2, 0.25) is 0 Å². The summed E-state index contributed by atoms with van der Waals surface area (Å²) < 4.78 is 20.8. The molecular formula is C20H28N2O6. The van der Waals surface area contributed by atoms with E-state index in [1.165, 1.54) is 17.7 Å². The van der Waals surface area contributed by atoms with Crippen molar-refractivity contribution in [3.05, 3.63) is 23.8 Å². The highest BCUT2D eigenvalue weighted by atomic mass is 16.7. The summed E-state index contributed by atoms with van der Waals surface area (Å²) in [4.78, 5) is 27.6. The zero-order valence-corrected chi connectivity index (χ0v) is 16.5. The number of benzene rings is 1. The summed E-state index contributed by atoms with van der Waals surface area (Å²) >= 11 is 0. The summed E-state index contributed by atoms with van der Waals surface area (Å²) in [5.74, 6) is 1.10. The number of hydrogen-bond acceptors (Lipinski definition) is 7. The average Bonchev–Trinajstić information content (AvgIpc) is 3.36. The van der Waals surface area contributed by atoms with Crippen LogP contribution in [0.15, 0.2) is 18.2 Å². The highest BCUT2D eigenvalue weighted by Crippen LogP contribution is 2.32. The fourth-order valence-corrected chi connectivity index (χ4v) is 3.30. The van der Waals surface area contributed by atoms with Crippen LogP contribution in [0.3, 0.4) is 0 Å². The minimum Gasteiger partial charge on any atom is -0.454 e. The molecule has 154 valence electrons. The molecule has 1 fully saturated rings. The number of carbonyl (C=O) groups is 2. The predicted molar refractivity (Wildman–Crippen MR) is 101 cm³/mol. The molecule has 28 heavy (non-hydrogen) atoms. The third-order valence-corrected chi connectivity index (χ3v) is 5.15. The lowest BCUT2D eigenvalue weighted by Gasteiger charge is -2.24. The molecule has 0 saturated carbocycles. The van der Waals surface area contributed by atoms with Crippen LogP contribution in [0.5, 0.6) is 11.5 Å². The van der Waals surface area contributed by atoms with Gasteiger partial charge >= 0.3 is 12.1 Å². The minimum atomic E-state index is -0.527. The van der Waals surface area contributed by atoms with Crippen LogP contribution in [-0.4, -0.2) is 68.2 Å². The van der Waals surface area contributed by atoms with Gasteiger partial charge in [0, 0.05) is 19.6 Å². The maximum absolute atomic E-state index is 12.2. The van der Waals surface area contributed by atoms with Gasteiger partial charge in [0.2, 0.25) is 13.6 Å². The third kappa shape index (κ3) is 5.51. The van der Waals surface area contributed by atoms with Crippen LogP contribution in [0.25, 0.3) is 0 Å². The Morgan fingerprint density at radius 3 is 2.71 bits per heavy atom. The fraction of sp³-hybridized carbons (Fsp3) is 0.600. The molecule has 2 aliphatic heterocycles. The van der Waals surface area contributed by atoms with E-state index in [0.29, 0.717) is 19.4 Å². The first-order valence-electron chi connectivity index (χ1n) is 9.69. The fourth-order valence-electron chi connectivity index (χ4n) is 3.30. The molecule has 0 spiro atoms. The van der Waals surface area contributed by atoms with Crippen molar-refractivity contribution in [3.8, 4) is 11.5 Å². The summed E-state index contributed by atoms with van der Waals surface area (Å²) in [5.41, 5.74) is 1.03. The van der Waals surface area contributed by atoms with Gasteiger partial charge in [0.1, 0.15) is 0 Å². The van der Waals surface area contributed by atoms with Crippen LogP contribution >= 0.6 is 0 Å². The molecule has 1 amide bonds. The van der Waals surface area contributed by atoms with E-state index in [2.05, 4.69) is 4.90 Å². The number of nitrogens with zero attached hydrogens (tertiary/aromatic N) is 2. The number of hydrogen-bond donors (Lipinski definition) is 0. The number of carbonyl (C=O) groups excluding carboxylic acids is 2. The minimum absolute atomic E-state index is 0.0984. The van der Waals surface area contributed by atoms with Crippen LogP contribution < -0.4 is 9.47 Å². The Labute approximate surface area is 165 Å². The quantitative estimate of drug-likeness (QED) is 0.497. The van der Waals surface area contributed by atoms with Crippen molar-refractivity contribution in [2.24, 2.45) is 0 Å². The molecule has 0 radical (unpaired) electrons. The molecule has 8 nitrogen and oxygen atoms in total. The second-order valence-corrected chi connectivity index (χ2v) is 7.19. The first-order chi connectivity index (χ1) is 13.5. The number of likely N-dealkylation sites (tertiary alicyclic amines) is 1. The second-order valence-electron chi connectivity index (χ2n) is 7.19. The van der Waals surface area contributed by atoms with Gasteiger partial charge in [-0.3, -0.25) is 4.79 Å². The summed E-state index contributed by atoms with van der Waals surface area (Å²) in [6.45, 7) is 4.56. The largest absolute Gasteiger partial charge is 0.454 e. The van der Waals surface area contributed by atoms with Crippen LogP contribution in [-0.2, 0) is 20.7 Å². The number of fused-ring (bicyclic) bond motifs is 1. The molecule has 2 aliphatic rings. The molecule has 1 atom stereocenters. The van der Waals surface area contributed by atoms with Crippen molar-refractivity contribution in [2.75, 3.05) is 40.3 Å². The second kappa shape index (κ2) is 9.64. The Morgan fingerprint density at radius 2 is 1.93 bits per heavy atom. The summed E-state index contributed by atoms with van der Waals surface area (Å²) in [6.07, 6.45) is 2.79. The van der Waals surface area contributed by atoms with E-state index in [1.54, 1.807) is 7.05 Å². The lowest BCUT2D eigenvalue weighted by Crippen LogP contribution is -2.37. The van der Waals surface area contributed by atoms with E-state index in [4.69, 9.17) is 18.9 Å². The highest BCUT2D eigenvalue weighted by molar-refractivity contribution is 5.70. The smallest absolute Gasteiger partial charge is 0.412 e. The van der Waals surface area contributed by atoms with E-state index in [-0.39, 0.29) is 25.6 Å². The van der Waals surface area contributed by atoms with E-state index in [9.17, 15) is 9.59 Å². The van der Waals surface area contributed by atoms with Crippen molar-refractivity contribution in [1.29, 1.82) is 0 Å². The van der Waals surface area contributed by atoms with E-state index < -0.39 is 6.09 Å². The van der Waals surface area contributed by atoms with Crippen molar-refractivity contribution >= 4 is 12.1 Å². The Hall–Kier alpha value is -2.48. The summed E-state index contributed by atoms with van der Waals surface area (Å²) in [5, 5.41) is 0. The van der Waals surface area contributed by atoms with Gasteiger partial charge in [0.25, 0.3) is 0 Å². The van der Waals surface area contributed by atoms with Gasteiger partial charge in [-0.2, -0.15) is 0 Å². The number of rotatable bonds is 8. The third-order valence-electron chi connectivity index (χ3n) is 5.15. The highest BCUT2D eigenvalue weighted by Gasteiger charge is 2.20. The summed E-state index contributed by atoms with van der Waals surface area (Å²) in [7, 11) is 1.66. The van der Waals surface area contributed by atoms with E-state index >= 15 is 0 Å². The number of ether oxygens (including phenoxy) is 4. The number of esters is 1. The zero-order valence-electron chi connectivity index (χ0n) is 16.5. The molecule has 0 bridgehead atoms. The Morgan fingerprint density at radius 1 is 1.18 bits per heavy atom. The molecule has 0 aliphatic carbocycles. The molecular weight excluding hydrogens is 364 g/mol. The number of likely N-dealkylation sites (N-methyl/N-ethyl adjacent to an activating group) is 1. The van der Waals surface area contributed by atoms with Gasteiger partial charge in [0.05, 0.1) is 6.42 Å². The average molecular weight is 392 g/mol. The maximum Gasteiger partial charge on any atom is 0.412 e. The van der Waals surface area contributed by atoms with Crippen molar-refractivity contribution in [3.63, 3.8) is 0 Å². The van der Waals surface area contributed by atoms with Gasteiger partial charge in [-0.15, -0.1) is 0 Å². The van der Waals surface area contributed by atoms with Crippen molar-refractivity contribution in [2.45, 2.75) is 38.6 Å². The molecule has 1 unspecified atom stereocenters. The van der Waals surface area contributed by atoms with Crippen LogP contribution in [0.1, 0.15) is 31.7 Å². The predicted octanol–water partition coefficient (Wildman–Crippen LogP) is 2.40. The standard InChI is InChI=1S/C20H28N2O6/c1-15(11-16-5-6-17-18(12-16)26-13-25-17)21(2)20(24)28-14-27-19(23)7-10-22-8-3-4-9-22/h5-6,12,15H,3-4,7-11,13-14H2,1-2H3. The molecule has 1 aromatic rings. The maximum atomic E-state index is 12.2. The van der Waals surface area contributed by atoms with E-state index in [1.807, 2.05) is 25.1 Å². The lowest BCUT2D eigenvalue weighted by atomic mass is 10.1. The Kier molecular flexibility index (Phi) is 6.97. The molecule has 0 aromatic heterocycles. The first kappa shape index (κ1) is 20.3. The molecule has 1 saturated heterocycles. The van der Waals surface area contributed by atoms with Crippen molar-refractivity contribution in [1.82, 2.24) is 9.80 Å². The Bertz CT molecular complexity index is 689. The molecule has 3 rings (SSSR count). The molecule has 1 aromatic carbocycles. The van der Waals surface area contributed by atoms with Gasteiger partial charge in [0.15, 0.2) is 11.5 Å². The van der Waals surface area contributed by atoms with Gasteiger partial charge in [-0.25, -0.2) is 4.79 Å². The van der Waals surface area contributed by atoms with Gasteiger partial charge in [-0.1, -0.05) is 6.07 Å². The van der Waals surface area contributed by atoms with Crippen molar-refractivity contribution < 1.29 is 28.5 Å². The summed E-state index contributed by atoms with van der Waals surface area (Å²) in [6, 6.07) is 5.63. The molecule has 0 N–H and O–H groups in total. The van der Waals surface area contributed by atoms with Gasteiger partial charge < -0.3 is 28.7 Å².